The van der Waals surface area contributed by atoms with Crippen LogP contribution in [0.25, 0.3) is 0 Å². The van der Waals surface area contributed by atoms with Crippen LogP contribution in [0.3, 0.4) is 0 Å². The van der Waals surface area contributed by atoms with Gasteiger partial charge in [-0.3, -0.25) is 4.79 Å². The molecular weight excluding hydrogens is 240 g/mol. The number of hydrogen-bond donors (Lipinski definition) is 1. The average Bonchev–Trinajstić information content (AvgIpc) is 2.40. The molecule has 0 bridgehead atoms. The molecule has 4 nitrogen and oxygen atoms in total. The fourth-order valence-corrected chi connectivity index (χ4v) is 2.21. The van der Waals surface area contributed by atoms with Gasteiger partial charge in [-0.2, -0.15) is 0 Å². The summed E-state index contributed by atoms with van der Waals surface area (Å²) < 4.78 is 4.99. The van der Waals surface area contributed by atoms with E-state index in [0.29, 0.717) is 13.2 Å². The lowest BCUT2D eigenvalue weighted by Crippen LogP contribution is -2.42. The fraction of sp³-hybridized carbons (Fsp3) is 0.533. The van der Waals surface area contributed by atoms with Crippen molar-refractivity contribution >= 4 is 5.91 Å². The third kappa shape index (κ3) is 4.65. The van der Waals surface area contributed by atoms with Gasteiger partial charge >= 0.3 is 0 Å². The molecule has 0 aliphatic carbocycles. The highest BCUT2D eigenvalue weighted by molar-refractivity contribution is 5.83. The van der Waals surface area contributed by atoms with E-state index in [9.17, 15) is 4.79 Å². The normalized spacial score (nSPS) is 13.9. The smallest absolute Gasteiger partial charge is 0.229 e. The Labute approximate surface area is 115 Å². The Morgan fingerprint density at radius 3 is 2.53 bits per heavy atom. The second kappa shape index (κ2) is 7.92. The zero-order valence-corrected chi connectivity index (χ0v) is 12.0. The van der Waals surface area contributed by atoms with Crippen molar-refractivity contribution < 1.29 is 9.53 Å². The van der Waals surface area contributed by atoms with Gasteiger partial charge in [0.2, 0.25) is 5.91 Å². The van der Waals surface area contributed by atoms with Gasteiger partial charge in [-0.15, -0.1) is 0 Å². The maximum Gasteiger partial charge on any atom is 0.229 e. The van der Waals surface area contributed by atoms with E-state index in [-0.39, 0.29) is 17.9 Å². The first-order chi connectivity index (χ1) is 9.10. The van der Waals surface area contributed by atoms with Gasteiger partial charge in [0.25, 0.3) is 0 Å². The highest BCUT2D eigenvalue weighted by atomic mass is 16.5. The number of benzene rings is 1. The number of rotatable bonds is 7. The second-order valence-corrected chi connectivity index (χ2v) is 4.81. The summed E-state index contributed by atoms with van der Waals surface area (Å²) in [5.41, 5.74) is 6.94. The van der Waals surface area contributed by atoms with E-state index in [1.807, 2.05) is 37.3 Å². The topological polar surface area (TPSA) is 55.6 Å². The number of carbonyl (C=O) groups excluding carboxylic acids is 1. The summed E-state index contributed by atoms with van der Waals surface area (Å²) in [5, 5.41) is 0. The van der Waals surface area contributed by atoms with Crippen LogP contribution in [-0.2, 0) is 9.53 Å². The molecule has 1 rings (SSSR count). The molecule has 0 saturated carbocycles. The van der Waals surface area contributed by atoms with Crippen molar-refractivity contribution in [1.82, 2.24) is 4.90 Å². The molecule has 0 saturated heterocycles. The molecule has 0 fully saturated rings. The molecule has 0 aromatic heterocycles. The van der Waals surface area contributed by atoms with Gasteiger partial charge in [0, 0.05) is 26.7 Å². The highest BCUT2D eigenvalue weighted by Crippen LogP contribution is 2.21. The van der Waals surface area contributed by atoms with Gasteiger partial charge in [0.1, 0.15) is 0 Å². The van der Waals surface area contributed by atoms with Gasteiger partial charge in [-0.05, 0) is 12.0 Å². The van der Waals surface area contributed by atoms with Gasteiger partial charge < -0.3 is 15.4 Å². The number of nitrogens with zero attached hydrogens (tertiary/aromatic N) is 1. The van der Waals surface area contributed by atoms with E-state index < -0.39 is 0 Å². The molecule has 0 radical (unpaired) electrons. The Hall–Kier alpha value is -1.39. The Morgan fingerprint density at radius 1 is 1.37 bits per heavy atom. The largest absolute Gasteiger partial charge is 0.383 e. The van der Waals surface area contributed by atoms with Crippen molar-refractivity contribution in [1.29, 1.82) is 0 Å². The fourth-order valence-electron chi connectivity index (χ4n) is 2.21. The summed E-state index contributed by atoms with van der Waals surface area (Å²) in [6.45, 7) is 2.99. The lowest BCUT2D eigenvalue weighted by Gasteiger charge is -2.25. The van der Waals surface area contributed by atoms with Gasteiger partial charge in [-0.25, -0.2) is 0 Å². The molecule has 0 aliphatic rings. The maximum absolute atomic E-state index is 12.4. The molecule has 2 N–H and O–H groups in total. The summed E-state index contributed by atoms with van der Waals surface area (Å²) in [4.78, 5) is 14.1. The molecule has 1 aromatic rings. The van der Waals surface area contributed by atoms with Gasteiger partial charge in [0.15, 0.2) is 0 Å². The predicted octanol–water partition coefficient (Wildman–Crippen LogP) is 1.61. The van der Waals surface area contributed by atoms with Gasteiger partial charge in [0.05, 0.1) is 12.5 Å². The third-order valence-corrected chi connectivity index (χ3v) is 3.17. The summed E-state index contributed by atoms with van der Waals surface area (Å²) in [6.07, 6.45) is 0.784. The Morgan fingerprint density at radius 2 is 2.00 bits per heavy atom. The van der Waals surface area contributed by atoms with E-state index in [1.165, 1.54) is 0 Å². The first kappa shape index (κ1) is 15.7. The van der Waals surface area contributed by atoms with Crippen molar-refractivity contribution in [2.75, 3.05) is 27.3 Å². The number of hydrogen-bond acceptors (Lipinski definition) is 3. The monoisotopic (exact) mass is 264 g/mol. The van der Waals surface area contributed by atoms with Crippen LogP contribution in [0.4, 0.5) is 0 Å². The summed E-state index contributed by atoms with van der Waals surface area (Å²) in [7, 11) is 3.41. The van der Waals surface area contributed by atoms with Crippen LogP contribution in [0.5, 0.6) is 0 Å². The quantitative estimate of drug-likeness (QED) is 0.814. The minimum atomic E-state index is -0.146. The molecule has 0 aliphatic heterocycles. The zero-order chi connectivity index (χ0) is 14.3. The van der Waals surface area contributed by atoms with Crippen molar-refractivity contribution in [3.8, 4) is 0 Å². The number of amides is 1. The second-order valence-electron chi connectivity index (χ2n) is 4.81. The Balaban J connectivity index is 2.68. The third-order valence-electron chi connectivity index (χ3n) is 3.17. The number of ether oxygens (including phenoxy) is 1. The van der Waals surface area contributed by atoms with Crippen molar-refractivity contribution in [3.05, 3.63) is 35.9 Å². The number of methoxy groups -OCH3 is 1. The SMILES string of the molecule is CCC(C(=O)N(C)CC(N)COC)c1ccccc1. The molecule has 2 unspecified atom stereocenters. The average molecular weight is 264 g/mol. The number of likely N-dealkylation sites (N-methyl/N-ethyl adjacent to an activating group) is 1. The summed E-state index contributed by atoms with van der Waals surface area (Å²) in [6, 6.07) is 9.72. The lowest BCUT2D eigenvalue weighted by molar-refractivity contribution is -0.132. The number of carbonyl (C=O) groups is 1. The van der Waals surface area contributed by atoms with Crippen LogP contribution < -0.4 is 5.73 Å². The Bertz CT molecular complexity index is 381. The number of nitrogens with two attached hydrogens (primary N) is 1. The summed E-state index contributed by atoms with van der Waals surface area (Å²) in [5.74, 6) is 0.0150. The molecule has 4 heteroatoms. The first-order valence-electron chi connectivity index (χ1n) is 6.64. The van der Waals surface area contributed by atoms with E-state index in [1.54, 1.807) is 19.1 Å². The zero-order valence-electron chi connectivity index (χ0n) is 12.0. The van der Waals surface area contributed by atoms with Crippen LogP contribution in [0.2, 0.25) is 0 Å². The van der Waals surface area contributed by atoms with E-state index in [4.69, 9.17) is 10.5 Å². The molecular formula is C15H24N2O2. The van der Waals surface area contributed by atoms with Crippen molar-refractivity contribution in [3.63, 3.8) is 0 Å². The van der Waals surface area contributed by atoms with E-state index >= 15 is 0 Å². The molecule has 2 atom stereocenters. The minimum absolute atomic E-state index is 0.0963. The van der Waals surface area contributed by atoms with E-state index in [0.717, 1.165) is 12.0 Å². The molecule has 19 heavy (non-hydrogen) atoms. The maximum atomic E-state index is 12.4. The lowest BCUT2D eigenvalue weighted by atomic mass is 9.95. The highest BCUT2D eigenvalue weighted by Gasteiger charge is 2.23. The van der Waals surface area contributed by atoms with Crippen LogP contribution in [0.1, 0.15) is 24.8 Å². The standard InChI is InChI=1S/C15H24N2O2/c1-4-14(12-8-6-5-7-9-12)15(18)17(2)10-13(16)11-19-3/h5-9,13-14H,4,10-11,16H2,1-3H3. The molecule has 1 amide bonds. The van der Waals surface area contributed by atoms with Crippen molar-refractivity contribution in [2.45, 2.75) is 25.3 Å². The molecule has 106 valence electrons. The molecule has 1 aromatic carbocycles. The van der Waals surface area contributed by atoms with Crippen molar-refractivity contribution in [2.24, 2.45) is 5.73 Å². The van der Waals surface area contributed by atoms with E-state index in [2.05, 4.69) is 0 Å². The van der Waals surface area contributed by atoms with Gasteiger partial charge in [-0.1, -0.05) is 37.3 Å². The van der Waals surface area contributed by atoms with Crippen LogP contribution >= 0.6 is 0 Å². The minimum Gasteiger partial charge on any atom is -0.383 e. The first-order valence-corrected chi connectivity index (χ1v) is 6.64. The molecule has 0 heterocycles. The van der Waals surface area contributed by atoms with Crippen LogP contribution in [-0.4, -0.2) is 44.2 Å². The molecule has 0 spiro atoms. The summed E-state index contributed by atoms with van der Waals surface area (Å²) >= 11 is 0. The van der Waals surface area contributed by atoms with Crippen LogP contribution in [0, 0.1) is 0 Å². The predicted molar refractivity (Wildman–Crippen MR) is 77.0 cm³/mol. The Kier molecular flexibility index (Phi) is 6.53. The van der Waals surface area contributed by atoms with Crippen LogP contribution in [0.15, 0.2) is 30.3 Å².